The number of aliphatic hydroxyl groups is 1. The Kier molecular flexibility index (Phi) is 3.16. The smallest absolute Gasteiger partial charge is 0.126 e. The van der Waals surface area contributed by atoms with Gasteiger partial charge in [-0.1, -0.05) is 24.3 Å². The van der Waals surface area contributed by atoms with Crippen LogP contribution in [0.15, 0.2) is 48.7 Å². The maximum absolute atomic E-state index is 10.1. The average molecular weight is 268 g/mol. The molecule has 0 fully saturated rings. The molecule has 0 saturated carbocycles. The number of para-hydroxylation sites is 1. The van der Waals surface area contributed by atoms with Gasteiger partial charge in [0.25, 0.3) is 0 Å². The van der Waals surface area contributed by atoms with Crippen LogP contribution in [0.4, 0.5) is 0 Å². The molecule has 2 aromatic carbocycles. The minimum atomic E-state index is -0.635. The zero-order chi connectivity index (χ0) is 14.1. The fourth-order valence-electron chi connectivity index (χ4n) is 2.48. The molecule has 102 valence electrons. The van der Waals surface area contributed by atoms with Gasteiger partial charge in [0.05, 0.1) is 30.6 Å². The lowest BCUT2D eigenvalue weighted by Crippen LogP contribution is -2.06. The van der Waals surface area contributed by atoms with Crippen LogP contribution in [0.3, 0.4) is 0 Å². The quantitative estimate of drug-likeness (QED) is 0.794. The highest BCUT2D eigenvalue weighted by atomic mass is 16.5. The van der Waals surface area contributed by atoms with Crippen molar-refractivity contribution >= 4 is 10.9 Å². The fourth-order valence-corrected chi connectivity index (χ4v) is 2.48. The lowest BCUT2D eigenvalue weighted by Gasteiger charge is -2.16. The predicted octanol–water partition coefficient (Wildman–Crippen LogP) is 3.09. The van der Waals surface area contributed by atoms with E-state index in [0.29, 0.717) is 5.75 Å². The molecule has 1 heterocycles. The number of rotatable bonds is 3. The van der Waals surface area contributed by atoms with Crippen molar-refractivity contribution in [1.29, 1.82) is 0 Å². The number of hydrogen-bond donors (Lipinski definition) is 1. The molecule has 1 N–H and O–H groups in total. The Hall–Kier alpha value is -2.33. The van der Waals surface area contributed by atoms with Gasteiger partial charge in [0.15, 0.2) is 0 Å². The van der Waals surface area contributed by atoms with Crippen LogP contribution in [0.2, 0.25) is 0 Å². The Labute approximate surface area is 117 Å². The van der Waals surface area contributed by atoms with Crippen LogP contribution in [-0.4, -0.2) is 22.0 Å². The van der Waals surface area contributed by atoms with Crippen LogP contribution in [0.1, 0.15) is 18.6 Å². The number of fused-ring (bicyclic) bond motifs is 1. The summed E-state index contributed by atoms with van der Waals surface area (Å²) in [6.07, 6.45) is 1.18. The normalized spacial score (nSPS) is 12.6. The first-order valence-electron chi connectivity index (χ1n) is 6.50. The molecule has 4 heteroatoms. The molecule has 0 unspecified atom stereocenters. The van der Waals surface area contributed by atoms with Gasteiger partial charge < -0.3 is 9.84 Å². The standard InChI is InChI=1S/C16H16N2O2/c1-11(19)16-14(8-5-9-15(16)20-2)18-13-7-4-3-6-12(13)10-17-18/h3-11,19H,1-2H3/t11-/m0/s1. The van der Waals surface area contributed by atoms with Gasteiger partial charge in [-0.3, -0.25) is 0 Å². The fraction of sp³-hybridized carbons (Fsp3) is 0.188. The van der Waals surface area contributed by atoms with Crippen molar-refractivity contribution in [2.45, 2.75) is 13.0 Å². The molecule has 0 bridgehead atoms. The molecule has 0 radical (unpaired) electrons. The van der Waals surface area contributed by atoms with Crippen molar-refractivity contribution in [2.24, 2.45) is 0 Å². The van der Waals surface area contributed by atoms with Crippen molar-refractivity contribution in [3.8, 4) is 11.4 Å². The first-order chi connectivity index (χ1) is 9.72. The van der Waals surface area contributed by atoms with Crippen molar-refractivity contribution in [2.75, 3.05) is 7.11 Å². The molecule has 4 nitrogen and oxygen atoms in total. The summed E-state index contributed by atoms with van der Waals surface area (Å²) >= 11 is 0. The monoisotopic (exact) mass is 268 g/mol. The van der Waals surface area contributed by atoms with Crippen LogP contribution in [-0.2, 0) is 0 Å². The van der Waals surface area contributed by atoms with Gasteiger partial charge in [-0.15, -0.1) is 0 Å². The average Bonchev–Trinajstić information content (AvgIpc) is 2.90. The number of hydrogen-bond acceptors (Lipinski definition) is 3. The highest BCUT2D eigenvalue weighted by Gasteiger charge is 2.17. The van der Waals surface area contributed by atoms with E-state index in [1.165, 1.54) is 0 Å². The van der Waals surface area contributed by atoms with Gasteiger partial charge in [-0.2, -0.15) is 5.10 Å². The van der Waals surface area contributed by atoms with Gasteiger partial charge >= 0.3 is 0 Å². The molecule has 1 aromatic heterocycles. The summed E-state index contributed by atoms with van der Waals surface area (Å²) in [4.78, 5) is 0. The molecule has 0 aliphatic carbocycles. The number of aromatic nitrogens is 2. The molecule has 0 spiro atoms. The number of benzene rings is 2. The summed E-state index contributed by atoms with van der Waals surface area (Å²) < 4.78 is 7.19. The lowest BCUT2D eigenvalue weighted by molar-refractivity contribution is 0.194. The molecule has 20 heavy (non-hydrogen) atoms. The Morgan fingerprint density at radius 3 is 2.70 bits per heavy atom. The summed E-state index contributed by atoms with van der Waals surface area (Å²) in [5.41, 5.74) is 2.58. The first kappa shape index (κ1) is 12.7. The molecular formula is C16H16N2O2. The van der Waals surface area contributed by atoms with Crippen LogP contribution >= 0.6 is 0 Å². The molecule has 3 aromatic rings. The van der Waals surface area contributed by atoms with E-state index in [1.807, 2.05) is 53.3 Å². The van der Waals surface area contributed by atoms with E-state index < -0.39 is 6.10 Å². The van der Waals surface area contributed by atoms with Crippen LogP contribution < -0.4 is 4.74 Å². The molecule has 0 aliphatic rings. The Bertz CT molecular complexity index is 747. The third-order valence-corrected chi connectivity index (χ3v) is 3.39. The summed E-state index contributed by atoms with van der Waals surface area (Å²) in [5.74, 6) is 0.664. The number of ether oxygens (including phenoxy) is 1. The maximum atomic E-state index is 10.1. The molecule has 3 rings (SSSR count). The third-order valence-electron chi connectivity index (χ3n) is 3.39. The zero-order valence-corrected chi connectivity index (χ0v) is 11.4. The van der Waals surface area contributed by atoms with E-state index in [9.17, 15) is 5.11 Å². The lowest BCUT2D eigenvalue weighted by atomic mass is 10.1. The van der Waals surface area contributed by atoms with Gasteiger partial charge in [0, 0.05) is 10.9 Å². The number of aliphatic hydroxyl groups excluding tert-OH is 1. The Morgan fingerprint density at radius 1 is 1.15 bits per heavy atom. The van der Waals surface area contributed by atoms with Crippen LogP contribution in [0.5, 0.6) is 5.75 Å². The van der Waals surface area contributed by atoms with E-state index in [2.05, 4.69) is 5.10 Å². The van der Waals surface area contributed by atoms with Crippen molar-refractivity contribution < 1.29 is 9.84 Å². The molecule has 0 aliphatic heterocycles. The number of nitrogens with zero attached hydrogens (tertiary/aromatic N) is 2. The van der Waals surface area contributed by atoms with Crippen LogP contribution in [0.25, 0.3) is 16.6 Å². The largest absolute Gasteiger partial charge is 0.496 e. The van der Waals surface area contributed by atoms with E-state index in [-0.39, 0.29) is 0 Å². The van der Waals surface area contributed by atoms with Crippen molar-refractivity contribution in [3.05, 3.63) is 54.2 Å². The second kappa shape index (κ2) is 4.98. The summed E-state index contributed by atoms with van der Waals surface area (Å²) in [5, 5.41) is 15.6. The maximum Gasteiger partial charge on any atom is 0.126 e. The van der Waals surface area contributed by atoms with Crippen molar-refractivity contribution in [3.63, 3.8) is 0 Å². The molecule has 1 atom stereocenters. The highest BCUT2D eigenvalue weighted by molar-refractivity contribution is 5.80. The van der Waals surface area contributed by atoms with E-state index >= 15 is 0 Å². The first-order valence-corrected chi connectivity index (χ1v) is 6.50. The van der Waals surface area contributed by atoms with E-state index in [4.69, 9.17) is 4.74 Å². The molecule has 0 saturated heterocycles. The predicted molar refractivity (Wildman–Crippen MR) is 78.3 cm³/mol. The van der Waals surface area contributed by atoms with Gasteiger partial charge in [0.2, 0.25) is 0 Å². The molecule has 0 amide bonds. The summed E-state index contributed by atoms with van der Waals surface area (Å²) in [7, 11) is 1.60. The Balaban J connectivity index is 2.29. The Morgan fingerprint density at radius 2 is 1.95 bits per heavy atom. The topological polar surface area (TPSA) is 47.3 Å². The zero-order valence-electron chi connectivity index (χ0n) is 11.4. The number of methoxy groups -OCH3 is 1. The molecular weight excluding hydrogens is 252 g/mol. The SMILES string of the molecule is COc1cccc(-n2ncc3ccccc32)c1[C@H](C)O. The minimum absolute atomic E-state index is 0.635. The van der Waals surface area contributed by atoms with E-state index in [0.717, 1.165) is 22.2 Å². The van der Waals surface area contributed by atoms with E-state index in [1.54, 1.807) is 14.0 Å². The highest BCUT2D eigenvalue weighted by Crippen LogP contribution is 2.32. The van der Waals surface area contributed by atoms with Gasteiger partial charge in [-0.05, 0) is 25.1 Å². The summed E-state index contributed by atoms with van der Waals surface area (Å²) in [6, 6.07) is 13.7. The second-order valence-corrected chi connectivity index (χ2v) is 4.68. The van der Waals surface area contributed by atoms with Gasteiger partial charge in [0.1, 0.15) is 5.75 Å². The minimum Gasteiger partial charge on any atom is -0.496 e. The van der Waals surface area contributed by atoms with Crippen LogP contribution in [0, 0.1) is 0 Å². The summed E-state index contributed by atoms with van der Waals surface area (Å²) in [6.45, 7) is 1.73. The van der Waals surface area contributed by atoms with Gasteiger partial charge in [-0.25, -0.2) is 4.68 Å². The van der Waals surface area contributed by atoms with Crippen molar-refractivity contribution in [1.82, 2.24) is 9.78 Å². The second-order valence-electron chi connectivity index (χ2n) is 4.68. The third kappa shape index (κ3) is 1.94.